The number of piperidine rings is 1. The summed E-state index contributed by atoms with van der Waals surface area (Å²) in [5, 5.41) is 5.41. The van der Waals surface area contributed by atoms with E-state index in [4.69, 9.17) is 0 Å². The van der Waals surface area contributed by atoms with Gasteiger partial charge in [0, 0.05) is 32.7 Å². The first kappa shape index (κ1) is 19.6. The lowest BCUT2D eigenvalue weighted by Gasteiger charge is -2.28. The molecule has 2 aromatic rings. The van der Waals surface area contributed by atoms with Gasteiger partial charge in [-0.1, -0.05) is 18.2 Å². The maximum Gasteiger partial charge on any atom is 0.251 e. The highest BCUT2D eigenvalue weighted by atomic mass is 16.2. The van der Waals surface area contributed by atoms with Crippen LogP contribution in [-0.2, 0) is 4.79 Å². The van der Waals surface area contributed by atoms with E-state index >= 15 is 0 Å². The number of nitrogens with one attached hydrogen (secondary N) is 2. The average Bonchev–Trinajstić information content (AvgIpc) is 2.73. The van der Waals surface area contributed by atoms with Crippen LogP contribution in [0.15, 0.2) is 36.5 Å². The third-order valence-corrected chi connectivity index (χ3v) is 4.54. The summed E-state index contributed by atoms with van der Waals surface area (Å²) in [6.07, 6.45) is 5.14. The highest BCUT2D eigenvalue weighted by Crippen LogP contribution is 2.25. The minimum atomic E-state index is -0.332. The molecule has 1 saturated heterocycles. The minimum absolute atomic E-state index is 0.130. The van der Waals surface area contributed by atoms with Crippen LogP contribution >= 0.6 is 0 Å². The summed E-state index contributed by atoms with van der Waals surface area (Å²) in [5.41, 5.74) is 1.03. The fraction of sp³-hybridized carbons (Fsp3) is 0.400. The van der Waals surface area contributed by atoms with Gasteiger partial charge >= 0.3 is 0 Å². The molecule has 0 saturated carbocycles. The number of amides is 2. The Labute approximate surface area is 165 Å². The number of anilines is 3. The van der Waals surface area contributed by atoms with Crippen molar-refractivity contribution in [3.63, 3.8) is 0 Å². The van der Waals surface area contributed by atoms with E-state index in [1.54, 1.807) is 30.5 Å². The smallest absolute Gasteiger partial charge is 0.251 e. The number of nitrogens with zero attached hydrogens (tertiary/aromatic N) is 4. The predicted molar refractivity (Wildman–Crippen MR) is 110 cm³/mol. The summed E-state index contributed by atoms with van der Waals surface area (Å²) in [5.74, 6) is 0.694. The standard InChI is InChI=1S/C20H26N6O2/c1-25(2)18-16(13-22-20(24-18)26-11-7-4-8-12-26)23-17(27)14-21-19(28)15-9-5-3-6-10-15/h3,5-6,9-10,13H,4,7-8,11-12,14H2,1-2H3,(H,21,28)(H,23,27). The molecule has 2 N–H and O–H groups in total. The number of aromatic nitrogens is 2. The predicted octanol–water partition coefficient (Wildman–Crippen LogP) is 1.90. The van der Waals surface area contributed by atoms with Crippen LogP contribution in [0.3, 0.4) is 0 Å². The first-order chi connectivity index (χ1) is 13.5. The molecule has 3 rings (SSSR count). The molecular weight excluding hydrogens is 356 g/mol. The van der Waals surface area contributed by atoms with Crippen molar-refractivity contribution in [2.75, 3.05) is 48.8 Å². The van der Waals surface area contributed by atoms with Gasteiger partial charge in [0.05, 0.1) is 12.7 Å². The number of rotatable bonds is 6. The summed E-state index contributed by atoms with van der Waals surface area (Å²) < 4.78 is 0. The summed E-state index contributed by atoms with van der Waals surface area (Å²) >= 11 is 0. The van der Waals surface area contributed by atoms with Gasteiger partial charge in [-0.2, -0.15) is 4.98 Å². The Balaban J connectivity index is 1.63. The topological polar surface area (TPSA) is 90.5 Å². The molecule has 148 valence electrons. The van der Waals surface area contributed by atoms with Gasteiger partial charge in [0.25, 0.3) is 5.91 Å². The van der Waals surface area contributed by atoms with Gasteiger partial charge in [-0.25, -0.2) is 4.98 Å². The van der Waals surface area contributed by atoms with E-state index in [-0.39, 0.29) is 18.4 Å². The Morgan fingerprint density at radius 1 is 1.11 bits per heavy atom. The monoisotopic (exact) mass is 382 g/mol. The third kappa shape index (κ3) is 4.97. The molecule has 1 aliphatic heterocycles. The van der Waals surface area contributed by atoms with Gasteiger partial charge in [0.2, 0.25) is 11.9 Å². The van der Waals surface area contributed by atoms with Gasteiger partial charge in [0.15, 0.2) is 5.82 Å². The van der Waals surface area contributed by atoms with Crippen molar-refractivity contribution in [3.8, 4) is 0 Å². The zero-order valence-corrected chi connectivity index (χ0v) is 16.3. The van der Waals surface area contributed by atoms with Crippen LogP contribution in [0.5, 0.6) is 0 Å². The first-order valence-corrected chi connectivity index (χ1v) is 9.47. The minimum Gasteiger partial charge on any atom is -0.361 e. The van der Waals surface area contributed by atoms with E-state index in [1.165, 1.54) is 6.42 Å². The van der Waals surface area contributed by atoms with E-state index in [0.717, 1.165) is 25.9 Å². The molecule has 1 aromatic carbocycles. The van der Waals surface area contributed by atoms with Gasteiger partial charge in [-0.15, -0.1) is 0 Å². The molecule has 0 bridgehead atoms. The number of hydrogen-bond donors (Lipinski definition) is 2. The Morgan fingerprint density at radius 3 is 2.50 bits per heavy atom. The zero-order valence-electron chi connectivity index (χ0n) is 16.3. The number of benzene rings is 1. The van der Waals surface area contributed by atoms with E-state index in [2.05, 4.69) is 25.5 Å². The summed E-state index contributed by atoms with van der Waals surface area (Å²) in [6.45, 7) is 1.77. The van der Waals surface area contributed by atoms with Crippen LogP contribution in [0, 0.1) is 0 Å². The van der Waals surface area contributed by atoms with Gasteiger partial charge in [0.1, 0.15) is 5.69 Å². The normalized spacial score (nSPS) is 13.7. The van der Waals surface area contributed by atoms with Crippen LogP contribution in [0.2, 0.25) is 0 Å². The molecule has 0 radical (unpaired) electrons. The third-order valence-electron chi connectivity index (χ3n) is 4.54. The second-order valence-electron chi connectivity index (χ2n) is 6.95. The molecule has 0 aliphatic carbocycles. The molecule has 0 atom stereocenters. The Hall–Kier alpha value is -3.16. The SMILES string of the molecule is CN(C)c1nc(N2CCCCC2)ncc1NC(=O)CNC(=O)c1ccccc1. The summed E-state index contributed by atoms with van der Waals surface area (Å²) in [6, 6.07) is 8.79. The van der Waals surface area contributed by atoms with Gasteiger partial charge in [-0.05, 0) is 31.4 Å². The van der Waals surface area contributed by atoms with Crippen molar-refractivity contribution >= 4 is 29.3 Å². The molecular formula is C20H26N6O2. The van der Waals surface area contributed by atoms with E-state index in [9.17, 15) is 9.59 Å². The second-order valence-corrected chi connectivity index (χ2v) is 6.95. The molecule has 1 aromatic heterocycles. The van der Waals surface area contributed by atoms with Crippen LogP contribution in [0.25, 0.3) is 0 Å². The van der Waals surface area contributed by atoms with Crippen LogP contribution in [-0.4, -0.2) is 55.5 Å². The summed E-state index contributed by atoms with van der Waals surface area (Å²) in [4.78, 5) is 37.4. The van der Waals surface area contributed by atoms with Gasteiger partial charge in [-0.3, -0.25) is 9.59 Å². The number of carbonyl (C=O) groups is 2. The number of carbonyl (C=O) groups excluding carboxylic acids is 2. The van der Waals surface area contributed by atoms with Crippen molar-refractivity contribution in [3.05, 3.63) is 42.1 Å². The molecule has 1 fully saturated rings. The maximum absolute atomic E-state index is 12.3. The maximum atomic E-state index is 12.3. The fourth-order valence-corrected chi connectivity index (χ4v) is 3.09. The van der Waals surface area contributed by atoms with E-state index in [0.29, 0.717) is 23.0 Å². The van der Waals surface area contributed by atoms with Crippen LogP contribution < -0.4 is 20.4 Å². The van der Waals surface area contributed by atoms with E-state index in [1.807, 2.05) is 25.1 Å². The molecule has 8 heteroatoms. The van der Waals surface area contributed by atoms with E-state index < -0.39 is 0 Å². The molecule has 0 spiro atoms. The average molecular weight is 382 g/mol. The molecule has 28 heavy (non-hydrogen) atoms. The quantitative estimate of drug-likeness (QED) is 0.793. The summed E-state index contributed by atoms with van der Waals surface area (Å²) in [7, 11) is 3.74. The van der Waals surface area contributed by atoms with Crippen molar-refractivity contribution in [2.24, 2.45) is 0 Å². The molecule has 2 amide bonds. The van der Waals surface area contributed by atoms with Crippen LogP contribution in [0.1, 0.15) is 29.6 Å². The highest BCUT2D eigenvalue weighted by Gasteiger charge is 2.18. The van der Waals surface area contributed by atoms with Crippen LogP contribution in [0.4, 0.5) is 17.5 Å². The lowest BCUT2D eigenvalue weighted by atomic mass is 10.1. The van der Waals surface area contributed by atoms with Gasteiger partial charge < -0.3 is 20.4 Å². The zero-order chi connectivity index (χ0) is 19.9. The van der Waals surface area contributed by atoms with Crippen molar-refractivity contribution in [1.29, 1.82) is 0 Å². The lowest BCUT2D eigenvalue weighted by Crippen LogP contribution is -2.34. The Morgan fingerprint density at radius 2 is 1.82 bits per heavy atom. The molecule has 2 heterocycles. The molecule has 8 nitrogen and oxygen atoms in total. The van der Waals surface area contributed by atoms with Crippen molar-refractivity contribution in [2.45, 2.75) is 19.3 Å². The first-order valence-electron chi connectivity index (χ1n) is 9.47. The molecule has 1 aliphatic rings. The number of hydrogen-bond acceptors (Lipinski definition) is 6. The Bertz CT molecular complexity index is 819. The lowest BCUT2D eigenvalue weighted by molar-refractivity contribution is -0.115. The highest BCUT2D eigenvalue weighted by molar-refractivity contribution is 6.00. The molecule has 0 unspecified atom stereocenters. The van der Waals surface area contributed by atoms with Crippen molar-refractivity contribution in [1.82, 2.24) is 15.3 Å². The Kier molecular flexibility index (Phi) is 6.41. The largest absolute Gasteiger partial charge is 0.361 e. The van der Waals surface area contributed by atoms with Crippen molar-refractivity contribution < 1.29 is 9.59 Å². The fourth-order valence-electron chi connectivity index (χ4n) is 3.09. The second kappa shape index (κ2) is 9.16.